The highest BCUT2D eigenvalue weighted by Crippen LogP contribution is 2.19. The number of nitrogens with zero attached hydrogens (tertiary/aromatic N) is 2. The molecule has 136 valence electrons. The number of carbonyl (C=O) groups excluding carboxylic acids is 1. The van der Waals surface area contributed by atoms with Crippen LogP contribution in [-0.2, 0) is 19.7 Å². The number of hydrogen-bond donors (Lipinski definition) is 1. The second kappa shape index (κ2) is 8.24. The van der Waals surface area contributed by atoms with Crippen LogP contribution in [0.3, 0.4) is 0 Å². The van der Waals surface area contributed by atoms with E-state index in [1.54, 1.807) is 25.4 Å². The molecule has 0 unspecified atom stereocenters. The monoisotopic (exact) mass is 355 g/mol. The van der Waals surface area contributed by atoms with Gasteiger partial charge in [-0.05, 0) is 49.4 Å². The zero-order valence-corrected chi connectivity index (χ0v) is 14.8. The largest absolute Gasteiger partial charge is 0.497 e. The minimum Gasteiger partial charge on any atom is -0.497 e. The molecule has 3 aromatic rings. The molecule has 0 aliphatic rings. The Balaban J connectivity index is 1.52. The second-order valence-corrected chi connectivity index (χ2v) is 5.55. The normalized spacial score (nSPS) is 10.5. The summed E-state index contributed by atoms with van der Waals surface area (Å²) in [5.41, 5.74) is 0.940. The molecule has 1 N–H and O–H groups in total. The standard InChI is InChI=1S/C19H21N3O4/c1-3-22-14(10-11-21-22)12-20-19(23)18-9-8-17(26-18)13-25-16-6-4-15(24-2)5-7-16/h4-11H,3,12-13H2,1-2H3,(H,20,23). The molecule has 0 atom stereocenters. The van der Waals surface area contributed by atoms with Crippen molar-refractivity contribution in [3.05, 3.63) is 65.9 Å². The molecule has 0 aliphatic carbocycles. The van der Waals surface area contributed by atoms with Crippen molar-refractivity contribution < 1.29 is 18.7 Å². The number of amides is 1. The van der Waals surface area contributed by atoms with Crippen LogP contribution in [0.15, 0.2) is 53.1 Å². The van der Waals surface area contributed by atoms with Gasteiger partial charge in [-0.15, -0.1) is 0 Å². The molecular weight excluding hydrogens is 334 g/mol. The first kappa shape index (κ1) is 17.6. The van der Waals surface area contributed by atoms with E-state index >= 15 is 0 Å². The van der Waals surface area contributed by atoms with E-state index in [1.807, 2.05) is 41.9 Å². The quantitative estimate of drug-likeness (QED) is 0.672. The van der Waals surface area contributed by atoms with Crippen molar-refractivity contribution in [2.45, 2.75) is 26.6 Å². The fraction of sp³-hybridized carbons (Fsp3) is 0.263. The number of benzene rings is 1. The fourth-order valence-corrected chi connectivity index (χ4v) is 2.46. The molecule has 0 saturated carbocycles. The number of nitrogens with one attached hydrogen (secondary N) is 1. The van der Waals surface area contributed by atoms with Gasteiger partial charge in [-0.3, -0.25) is 9.48 Å². The zero-order valence-electron chi connectivity index (χ0n) is 14.8. The van der Waals surface area contributed by atoms with Crippen LogP contribution < -0.4 is 14.8 Å². The molecule has 7 heteroatoms. The SMILES string of the molecule is CCn1nccc1CNC(=O)c1ccc(COc2ccc(OC)cc2)o1. The Hall–Kier alpha value is -3.22. The Morgan fingerprint density at radius 1 is 1.15 bits per heavy atom. The Morgan fingerprint density at radius 2 is 1.92 bits per heavy atom. The highest BCUT2D eigenvalue weighted by Gasteiger charge is 2.12. The molecule has 2 heterocycles. The molecule has 0 aliphatic heterocycles. The Bertz CT molecular complexity index is 852. The minimum atomic E-state index is -0.274. The fourth-order valence-electron chi connectivity index (χ4n) is 2.46. The van der Waals surface area contributed by atoms with Gasteiger partial charge < -0.3 is 19.2 Å². The summed E-state index contributed by atoms with van der Waals surface area (Å²) in [5, 5.41) is 7.00. The maximum atomic E-state index is 12.2. The third-order valence-corrected chi connectivity index (χ3v) is 3.86. The van der Waals surface area contributed by atoms with Crippen molar-refractivity contribution in [1.29, 1.82) is 0 Å². The van der Waals surface area contributed by atoms with Crippen LogP contribution in [0.1, 0.15) is 28.9 Å². The molecule has 0 bridgehead atoms. The van der Waals surface area contributed by atoms with Crippen LogP contribution in [0.4, 0.5) is 0 Å². The van der Waals surface area contributed by atoms with Gasteiger partial charge in [-0.2, -0.15) is 5.10 Å². The molecule has 26 heavy (non-hydrogen) atoms. The van der Waals surface area contributed by atoms with Gasteiger partial charge in [0.15, 0.2) is 5.76 Å². The molecule has 0 saturated heterocycles. The van der Waals surface area contributed by atoms with Crippen LogP contribution >= 0.6 is 0 Å². The number of carbonyl (C=O) groups is 1. The molecule has 7 nitrogen and oxygen atoms in total. The first-order valence-corrected chi connectivity index (χ1v) is 8.34. The number of aromatic nitrogens is 2. The summed E-state index contributed by atoms with van der Waals surface area (Å²) in [6, 6.07) is 12.5. The van der Waals surface area contributed by atoms with Crippen LogP contribution in [-0.4, -0.2) is 22.8 Å². The van der Waals surface area contributed by atoms with Crippen LogP contribution in [0.5, 0.6) is 11.5 Å². The average Bonchev–Trinajstić information content (AvgIpc) is 3.34. The van der Waals surface area contributed by atoms with E-state index < -0.39 is 0 Å². The lowest BCUT2D eigenvalue weighted by molar-refractivity contribution is 0.0918. The van der Waals surface area contributed by atoms with Crippen LogP contribution in [0.2, 0.25) is 0 Å². The summed E-state index contributed by atoms with van der Waals surface area (Å²) in [4.78, 5) is 12.2. The van der Waals surface area contributed by atoms with Crippen molar-refractivity contribution in [3.63, 3.8) is 0 Å². The molecule has 0 spiro atoms. The molecule has 1 amide bonds. The van der Waals surface area contributed by atoms with Gasteiger partial charge in [0, 0.05) is 12.7 Å². The number of furan rings is 1. The minimum absolute atomic E-state index is 0.238. The summed E-state index contributed by atoms with van der Waals surface area (Å²) in [7, 11) is 1.61. The smallest absolute Gasteiger partial charge is 0.287 e. The van der Waals surface area contributed by atoms with Crippen LogP contribution in [0.25, 0.3) is 0 Å². The van der Waals surface area contributed by atoms with Crippen molar-refractivity contribution in [3.8, 4) is 11.5 Å². The lowest BCUT2D eigenvalue weighted by Crippen LogP contribution is -2.23. The number of methoxy groups -OCH3 is 1. The molecular formula is C19H21N3O4. The first-order chi connectivity index (χ1) is 12.7. The van der Waals surface area contributed by atoms with E-state index in [9.17, 15) is 4.79 Å². The number of hydrogen-bond acceptors (Lipinski definition) is 5. The highest BCUT2D eigenvalue weighted by atomic mass is 16.5. The van der Waals surface area contributed by atoms with E-state index in [4.69, 9.17) is 13.9 Å². The topological polar surface area (TPSA) is 78.5 Å². The van der Waals surface area contributed by atoms with Gasteiger partial charge in [0.25, 0.3) is 5.91 Å². The number of rotatable bonds is 8. The molecule has 2 aromatic heterocycles. The third-order valence-electron chi connectivity index (χ3n) is 3.86. The van der Waals surface area contributed by atoms with Crippen molar-refractivity contribution in [1.82, 2.24) is 15.1 Å². The predicted octanol–water partition coefficient (Wildman–Crippen LogP) is 3.01. The zero-order chi connectivity index (χ0) is 18.4. The van der Waals surface area contributed by atoms with Gasteiger partial charge in [0.05, 0.1) is 19.3 Å². The first-order valence-electron chi connectivity index (χ1n) is 8.34. The lowest BCUT2D eigenvalue weighted by atomic mass is 10.3. The van der Waals surface area contributed by atoms with Crippen LogP contribution in [0, 0.1) is 0 Å². The van der Waals surface area contributed by atoms with E-state index in [2.05, 4.69) is 10.4 Å². The summed E-state index contributed by atoms with van der Waals surface area (Å²) in [5.74, 6) is 2.01. The van der Waals surface area contributed by atoms with E-state index in [0.717, 1.165) is 18.0 Å². The number of ether oxygens (including phenoxy) is 2. The van der Waals surface area contributed by atoms with E-state index in [0.29, 0.717) is 18.1 Å². The Labute approximate surface area is 151 Å². The van der Waals surface area contributed by atoms with Gasteiger partial charge >= 0.3 is 0 Å². The lowest BCUT2D eigenvalue weighted by Gasteiger charge is -2.06. The molecule has 3 rings (SSSR count). The van der Waals surface area contributed by atoms with Crippen molar-refractivity contribution in [2.24, 2.45) is 0 Å². The van der Waals surface area contributed by atoms with Gasteiger partial charge in [0.2, 0.25) is 0 Å². The Morgan fingerprint density at radius 3 is 2.65 bits per heavy atom. The third kappa shape index (κ3) is 4.24. The maximum Gasteiger partial charge on any atom is 0.287 e. The summed E-state index contributed by atoms with van der Waals surface area (Å²) in [6.07, 6.45) is 1.71. The second-order valence-electron chi connectivity index (χ2n) is 5.55. The Kier molecular flexibility index (Phi) is 5.58. The van der Waals surface area contributed by atoms with Gasteiger partial charge in [0.1, 0.15) is 23.9 Å². The maximum absolute atomic E-state index is 12.2. The van der Waals surface area contributed by atoms with E-state index in [1.165, 1.54) is 0 Å². The summed E-state index contributed by atoms with van der Waals surface area (Å²) < 4.78 is 18.1. The molecule has 0 fully saturated rings. The van der Waals surface area contributed by atoms with Gasteiger partial charge in [-0.25, -0.2) is 0 Å². The molecule has 0 radical (unpaired) electrons. The summed E-state index contributed by atoms with van der Waals surface area (Å²) in [6.45, 7) is 3.39. The number of aryl methyl sites for hydroxylation is 1. The van der Waals surface area contributed by atoms with Crippen molar-refractivity contribution in [2.75, 3.05) is 7.11 Å². The van der Waals surface area contributed by atoms with Crippen molar-refractivity contribution >= 4 is 5.91 Å². The van der Waals surface area contributed by atoms with Gasteiger partial charge in [-0.1, -0.05) is 0 Å². The van der Waals surface area contributed by atoms with E-state index in [-0.39, 0.29) is 18.3 Å². The average molecular weight is 355 g/mol. The summed E-state index contributed by atoms with van der Waals surface area (Å²) >= 11 is 0. The highest BCUT2D eigenvalue weighted by molar-refractivity contribution is 5.91. The predicted molar refractivity (Wildman–Crippen MR) is 95.1 cm³/mol. The molecule has 1 aromatic carbocycles.